The molecule has 2 aromatic rings. The van der Waals surface area contributed by atoms with E-state index < -0.39 is 35.8 Å². The van der Waals surface area contributed by atoms with Crippen LogP contribution in [-0.4, -0.2) is 46.6 Å². The molecule has 1 aliphatic heterocycles. The summed E-state index contributed by atoms with van der Waals surface area (Å²) in [5.41, 5.74) is 8.31. The highest BCUT2D eigenvalue weighted by atomic mass is 16.6. The first-order valence-electron chi connectivity index (χ1n) is 8.92. The standard InChI is InChI=1S/C18H21N5O6/c1-27-12-4-2-11(3-5-12)10-28-15(9-20-22-19)14-8-13(24)17(29-14)23-7-6-16(25)21-18(23)26/h2-7,13-15,17,24H,8-10H2,1H3,(H,21,25,26)/t13-,14+,15+,17+/m0/s1. The number of H-pyrrole nitrogens is 1. The smallest absolute Gasteiger partial charge is 0.330 e. The lowest BCUT2D eigenvalue weighted by atomic mass is 10.1. The fourth-order valence-corrected chi connectivity index (χ4v) is 3.12. The molecule has 3 rings (SSSR count). The van der Waals surface area contributed by atoms with Gasteiger partial charge in [-0.15, -0.1) is 0 Å². The van der Waals surface area contributed by atoms with Crippen LogP contribution in [0, 0.1) is 0 Å². The van der Waals surface area contributed by atoms with Gasteiger partial charge < -0.3 is 19.3 Å². The van der Waals surface area contributed by atoms with Gasteiger partial charge in [-0.1, -0.05) is 17.2 Å². The van der Waals surface area contributed by atoms with Gasteiger partial charge in [-0.3, -0.25) is 14.3 Å². The number of hydrogen-bond donors (Lipinski definition) is 2. The van der Waals surface area contributed by atoms with E-state index in [0.717, 1.165) is 15.9 Å². The molecule has 0 unspecified atom stereocenters. The molecule has 0 aliphatic carbocycles. The quantitative estimate of drug-likeness (QED) is 0.382. The van der Waals surface area contributed by atoms with Crippen LogP contribution in [0.3, 0.4) is 0 Å². The molecule has 0 saturated carbocycles. The lowest BCUT2D eigenvalue weighted by Crippen LogP contribution is -2.35. The Hall–Kier alpha value is -3.11. The fraction of sp³-hybridized carbons (Fsp3) is 0.444. The zero-order valence-corrected chi connectivity index (χ0v) is 15.7. The number of nitrogens with zero attached hydrogens (tertiary/aromatic N) is 4. The van der Waals surface area contributed by atoms with E-state index in [1.807, 2.05) is 12.1 Å². The Morgan fingerprint density at radius 3 is 2.79 bits per heavy atom. The molecule has 29 heavy (non-hydrogen) atoms. The van der Waals surface area contributed by atoms with Crippen molar-refractivity contribution < 1.29 is 19.3 Å². The second-order valence-corrected chi connectivity index (χ2v) is 6.50. The second-order valence-electron chi connectivity index (χ2n) is 6.50. The van der Waals surface area contributed by atoms with Crippen molar-refractivity contribution in [2.75, 3.05) is 13.7 Å². The van der Waals surface area contributed by atoms with Crippen LogP contribution in [0.2, 0.25) is 0 Å². The third-order valence-electron chi connectivity index (χ3n) is 4.61. The molecule has 154 valence electrons. The molecule has 0 spiro atoms. The molecule has 2 N–H and O–H groups in total. The molecule has 0 amide bonds. The van der Waals surface area contributed by atoms with Gasteiger partial charge in [0.2, 0.25) is 0 Å². The van der Waals surface area contributed by atoms with E-state index in [1.54, 1.807) is 19.2 Å². The number of nitrogens with one attached hydrogen (secondary N) is 1. The van der Waals surface area contributed by atoms with Crippen LogP contribution in [0.1, 0.15) is 18.2 Å². The molecule has 1 fully saturated rings. The maximum Gasteiger partial charge on any atom is 0.330 e. The minimum absolute atomic E-state index is 0.00270. The van der Waals surface area contributed by atoms with Gasteiger partial charge in [0.05, 0.1) is 32.5 Å². The van der Waals surface area contributed by atoms with Crippen LogP contribution in [-0.2, 0) is 16.1 Å². The summed E-state index contributed by atoms with van der Waals surface area (Å²) in [4.78, 5) is 28.1. The summed E-state index contributed by atoms with van der Waals surface area (Å²) in [5, 5.41) is 13.9. The van der Waals surface area contributed by atoms with Gasteiger partial charge in [0.25, 0.3) is 5.56 Å². The van der Waals surface area contributed by atoms with Crippen molar-refractivity contribution in [2.24, 2.45) is 5.11 Å². The summed E-state index contributed by atoms with van der Waals surface area (Å²) < 4.78 is 17.9. The van der Waals surface area contributed by atoms with Crippen molar-refractivity contribution in [1.29, 1.82) is 0 Å². The average molecular weight is 403 g/mol. The minimum atomic E-state index is -0.998. The van der Waals surface area contributed by atoms with Crippen LogP contribution in [0.4, 0.5) is 0 Å². The van der Waals surface area contributed by atoms with E-state index in [-0.39, 0.29) is 19.6 Å². The first kappa shape index (κ1) is 20.6. The lowest BCUT2D eigenvalue weighted by Gasteiger charge is -2.23. The second kappa shape index (κ2) is 9.39. The number of aliphatic hydroxyl groups excluding tert-OH is 1. The van der Waals surface area contributed by atoms with Gasteiger partial charge in [-0.2, -0.15) is 0 Å². The van der Waals surface area contributed by atoms with Gasteiger partial charge >= 0.3 is 5.69 Å². The Labute approximate surface area is 165 Å². The number of methoxy groups -OCH3 is 1. The van der Waals surface area contributed by atoms with Crippen LogP contribution in [0.5, 0.6) is 5.75 Å². The van der Waals surface area contributed by atoms with E-state index in [1.165, 1.54) is 12.3 Å². The average Bonchev–Trinajstić information content (AvgIpc) is 3.09. The number of rotatable bonds is 8. The van der Waals surface area contributed by atoms with Gasteiger partial charge in [-0.25, -0.2) is 4.79 Å². The van der Waals surface area contributed by atoms with E-state index in [2.05, 4.69) is 15.0 Å². The summed E-state index contributed by atoms with van der Waals surface area (Å²) in [5.74, 6) is 0.718. The molecular weight excluding hydrogens is 382 g/mol. The molecule has 1 aromatic carbocycles. The largest absolute Gasteiger partial charge is 0.497 e. The van der Waals surface area contributed by atoms with Crippen LogP contribution >= 0.6 is 0 Å². The number of azide groups is 1. The van der Waals surface area contributed by atoms with Crippen molar-refractivity contribution in [2.45, 2.75) is 37.6 Å². The van der Waals surface area contributed by atoms with Gasteiger partial charge in [0.1, 0.15) is 11.9 Å². The van der Waals surface area contributed by atoms with Crippen molar-refractivity contribution >= 4 is 0 Å². The fourth-order valence-electron chi connectivity index (χ4n) is 3.12. The third-order valence-corrected chi connectivity index (χ3v) is 4.61. The van der Waals surface area contributed by atoms with Crippen molar-refractivity contribution in [1.82, 2.24) is 9.55 Å². The molecule has 1 saturated heterocycles. The van der Waals surface area contributed by atoms with E-state index in [4.69, 9.17) is 19.7 Å². The van der Waals surface area contributed by atoms with Crippen LogP contribution in [0.15, 0.2) is 51.2 Å². The Morgan fingerprint density at radius 1 is 1.38 bits per heavy atom. The highest BCUT2D eigenvalue weighted by molar-refractivity contribution is 5.26. The monoisotopic (exact) mass is 403 g/mol. The molecule has 1 aromatic heterocycles. The molecule has 11 nitrogen and oxygen atoms in total. The maximum atomic E-state index is 12.0. The SMILES string of the molecule is COc1ccc(CO[C@H](CN=[N+]=[N-])[C@H]2C[C@H](O)[C@H](n3ccc(=O)[nH]c3=O)O2)cc1. The summed E-state index contributed by atoms with van der Waals surface area (Å²) in [6, 6.07) is 8.46. The predicted octanol–water partition coefficient (Wildman–Crippen LogP) is 1.09. The topological polar surface area (TPSA) is 152 Å². The van der Waals surface area contributed by atoms with Crippen molar-refractivity contribution in [3.05, 3.63) is 73.4 Å². The molecule has 4 atom stereocenters. The Bertz CT molecular complexity index is 981. The van der Waals surface area contributed by atoms with E-state index in [9.17, 15) is 14.7 Å². The van der Waals surface area contributed by atoms with E-state index >= 15 is 0 Å². The van der Waals surface area contributed by atoms with Crippen molar-refractivity contribution in [3.63, 3.8) is 0 Å². The molecular formula is C18H21N5O6. The Balaban J connectivity index is 1.71. The first-order valence-corrected chi connectivity index (χ1v) is 8.92. The third kappa shape index (κ3) is 5.04. The highest BCUT2D eigenvalue weighted by Crippen LogP contribution is 2.31. The first-order chi connectivity index (χ1) is 14.0. The summed E-state index contributed by atoms with van der Waals surface area (Å²) in [7, 11) is 1.58. The zero-order chi connectivity index (χ0) is 20.8. The summed E-state index contributed by atoms with van der Waals surface area (Å²) in [6.07, 6.45) is -1.80. The number of aromatic amines is 1. The van der Waals surface area contributed by atoms with Gasteiger partial charge in [0, 0.05) is 23.6 Å². The predicted molar refractivity (Wildman–Crippen MR) is 101 cm³/mol. The van der Waals surface area contributed by atoms with Crippen LogP contribution in [0.25, 0.3) is 10.4 Å². The van der Waals surface area contributed by atoms with E-state index in [0.29, 0.717) is 0 Å². The number of hydrogen-bond acceptors (Lipinski definition) is 7. The zero-order valence-electron chi connectivity index (χ0n) is 15.7. The molecule has 1 aliphatic rings. The van der Waals surface area contributed by atoms with Gasteiger partial charge in [0.15, 0.2) is 6.23 Å². The Kier molecular flexibility index (Phi) is 6.68. The van der Waals surface area contributed by atoms with Crippen LogP contribution < -0.4 is 16.0 Å². The number of benzene rings is 1. The summed E-state index contributed by atoms with van der Waals surface area (Å²) >= 11 is 0. The lowest BCUT2D eigenvalue weighted by molar-refractivity contribution is -0.0982. The number of aromatic nitrogens is 2. The molecule has 0 bridgehead atoms. The number of ether oxygens (including phenoxy) is 3. The highest BCUT2D eigenvalue weighted by Gasteiger charge is 2.40. The maximum absolute atomic E-state index is 12.0. The van der Waals surface area contributed by atoms with Crippen molar-refractivity contribution in [3.8, 4) is 5.75 Å². The number of aliphatic hydroxyl groups is 1. The minimum Gasteiger partial charge on any atom is -0.497 e. The molecule has 11 heteroatoms. The van der Waals surface area contributed by atoms with Gasteiger partial charge in [-0.05, 0) is 23.2 Å². The summed E-state index contributed by atoms with van der Waals surface area (Å²) in [6.45, 7) is 0.228. The Morgan fingerprint density at radius 2 is 2.14 bits per heavy atom. The normalized spacial score (nSPS) is 22.1. The molecule has 2 heterocycles. The molecule has 0 radical (unpaired) electrons.